The number of carbonyl (C=O) groups excluding carboxylic acids is 1. The van der Waals surface area contributed by atoms with Crippen LogP contribution in [-0.4, -0.2) is 35.6 Å². The number of aromatic nitrogens is 2. The van der Waals surface area contributed by atoms with Gasteiger partial charge in [0.15, 0.2) is 0 Å². The third-order valence-corrected chi connectivity index (χ3v) is 4.64. The molecule has 6 nitrogen and oxygen atoms in total. The van der Waals surface area contributed by atoms with E-state index >= 15 is 0 Å². The number of benzene rings is 2. The normalized spacial score (nSPS) is 13.5. The molecule has 0 amide bonds. The van der Waals surface area contributed by atoms with Gasteiger partial charge in [-0.3, -0.25) is 4.79 Å². The quantitative estimate of drug-likeness (QED) is 0.629. The Kier molecular flexibility index (Phi) is 4.98. The van der Waals surface area contributed by atoms with Crippen LogP contribution in [0, 0.1) is 0 Å². The number of nitrogens with zero attached hydrogens (tertiary/aromatic N) is 2. The number of ether oxygens (including phenoxy) is 1. The van der Waals surface area contributed by atoms with Crippen LogP contribution in [0.15, 0.2) is 48.8 Å². The number of carbonyl (C=O) groups is 1. The highest BCUT2D eigenvalue weighted by atomic mass is 16.5. The van der Waals surface area contributed by atoms with Crippen LogP contribution in [0.5, 0.6) is 0 Å². The molecule has 0 radical (unpaired) electrons. The van der Waals surface area contributed by atoms with Crippen molar-refractivity contribution in [3.8, 4) is 11.1 Å². The molecule has 27 heavy (non-hydrogen) atoms. The first-order valence-corrected chi connectivity index (χ1v) is 9.11. The van der Waals surface area contributed by atoms with E-state index in [0.717, 1.165) is 33.4 Å². The van der Waals surface area contributed by atoms with Crippen molar-refractivity contribution in [2.75, 3.05) is 19.0 Å². The van der Waals surface area contributed by atoms with Crippen LogP contribution in [0.1, 0.15) is 18.4 Å². The smallest absolute Gasteiger partial charge is 0.319 e. The summed E-state index contributed by atoms with van der Waals surface area (Å²) >= 11 is 0. The lowest BCUT2D eigenvalue weighted by molar-refractivity contribution is -0.139. The number of hydrogen-bond acceptors (Lipinski definition) is 6. The minimum atomic E-state index is -0.267. The van der Waals surface area contributed by atoms with Crippen molar-refractivity contribution in [1.29, 1.82) is 0 Å². The zero-order valence-corrected chi connectivity index (χ0v) is 15.2. The molecule has 1 fully saturated rings. The highest BCUT2D eigenvalue weighted by Gasteiger charge is 2.22. The standard InChI is InChI=1S/C21H22N4O2/c1-27-20(26)12-22-11-14-3-2-4-15(9-14)16-5-8-19-18(10-16)21(24-13-23-19)25-17-6-7-17/h2-5,8-10,13,17,22H,6-7,11-12H2,1H3,(H,23,24,25). The van der Waals surface area contributed by atoms with Gasteiger partial charge in [0, 0.05) is 18.0 Å². The van der Waals surface area contributed by atoms with Crippen LogP contribution in [0.3, 0.4) is 0 Å². The summed E-state index contributed by atoms with van der Waals surface area (Å²) in [6.07, 6.45) is 4.01. The molecule has 1 aliphatic carbocycles. The molecule has 138 valence electrons. The molecule has 1 aromatic heterocycles. The van der Waals surface area contributed by atoms with Gasteiger partial charge in [0.05, 0.1) is 19.2 Å². The Morgan fingerprint density at radius 2 is 2.00 bits per heavy atom. The molecule has 0 aliphatic heterocycles. The lowest BCUT2D eigenvalue weighted by Gasteiger charge is -2.10. The molecule has 1 saturated carbocycles. The van der Waals surface area contributed by atoms with Crippen molar-refractivity contribution in [1.82, 2.24) is 15.3 Å². The lowest BCUT2D eigenvalue weighted by Crippen LogP contribution is -2.23. The summed E-state index contributed by atoms with van der Waals surface area (Å²) in [5, 5.41) is 7.62. The zero-order chi connectivity index (χ0) is 18.6. The molecular formula is C21H22N4O2. The topological polar surface area (TPSA) is 76.1 Å². The first-order chi connectivity index (χ1) is 13.2. The van der Waals surface area contributed by atoms with Gasteiger partial charge in [-0.05, 0) is 47.7 Å². The number of fused-ring (bicyclic) bond motifs is 1. The summed E-state index contributed by atoms with van der Waals surface area (Å²) < 4.78 is 4.65. The number of rotatable bonds is 7. The fraction of sp³-hybridized carbons (Fsp3) is 0.286. The van der Waals surface area contributed by atoms with E-state index in [9.17, 15) is 4.79 Å². The van der Waals surface area contributed by atoms with E-state index in [4.69, 9.17) is 0 Å². The predicted molar refractivity (Wildman–Crippen MR) is 105 cm³/mol. The van der Waals surface area contributed by atoms with Gasteiger partial charge in [-0.2, -0.15) is 0 Å². The van der Waals surface area contributed by atoms with Gasteiger partial charge in [-0.1, -0.05) is 24.3 Å². The van der Waals surface area contributed by atoms with E-state index in [1.165, 1.54) is 20.0 Å². The Labute approximate surface area is 158 Å². The van der Waals surface area contributed by atoms with Gasteiger partial charge < -0.3 is 15.4 Å². The van der Waals surface area contributed by atoms with Gasteiger partial charge in [-0.25, -0.2) is 9.97 Å². The van der Waals surface area contributed by atoms with Crippen LogP contribution < -0.4 is 10.6 Å². The van der Waals surface area contributed by atoms with Gasteiger partial charge >= 0.3 is 5.97 Å². The maximum absolute atomic E-state index is 11.2. The molecule has 2 N–H and O–H groups in total. The van der Waals surface area contributed by atoms with Crippen LogP contribution in [-0.2, 0) is 16.1 Å². The SMILES string of the molecule is COC(=O)CNCc1cccc(-c2ccc3ncnc(NC4CC4)c3c2)c1. The number of hydrogen-bond donors (Lipinski definition) is 2. The summed E-state index contributed by atoms with van der Waals surface area (Å²) in [5.74, 6) is 0.636. The second-order valence-electron chi connectivity index (χ2n) is 6.75. The maximum Gasteiger partial charge on any atom is 0.319 e. The van der Waals surface area contributed by atoms with Crippen LogP contribution in [0.25, 0.3) is 22.0 Å². The Morgan fingerprint density at radius 3 is 2.81 bits per heavy atom. The molecule has 1 aliphatic rings. The molecule has 6 heteroatoms. The average molecular weight is 362 g/mol. The molecule has 4 rings (SSSR count). The molecule has 0 saturated heterocycles. The molecule has 3 aromatic rings. The van der Waals surface area contributed by atoms with Crippen molar-refractivity contribution >= 4 is 22.7 Å². The molecule has 0 spiro atoms. The Balaban J connectivity index is 1.58. The summed E-state index contributed by atoms with van der Waals surface area (Å²) in [5.41, 5.74) is 4.28. The van der Waals surface area contributed by atoms with Crippen molar-refractivity contribution < 1.29 is 9.53 Å². The van der Waals surface area contributed by atoms with E-state index in [-0.39, 0.29) is 12.5 Å². The highest BCUT2D eigenvalue weighted by Crippen LogP contribution is 2.30. The van der Waals surface area contributed by atoms with Crippen molar-refractivity contribution in [3.63, 3.8) is 0 Å². The summed E-state index contributed by atoms with van der Waals surface area (Å²) in [7, 11) is 1.39. The van der Waals surface area contributed by atoms with E-state index < -0.39 is 0 Å². The van der Waals surface area contributed by atoms with Crippen molar-refractivity contribution in [2.24, 2.45) is 0 Å². The number of anilines is 1. The molecule has 0 unspecified atom stereocenters. The largest absolute Gasteiger partial charge is 0.468 e. The summed E-state index contributed by atoms with van der Waals surface area (Å²) in [4.78, 5) is 20.0. The monoisotopic (exact) mass is 362 g/mol. The Hall–Kier alpha value is -2.99. The summed E-state index contributed by atoms with van der Waals surface area (Å²) in [6.45, 7) is 0.804. The molecule has 0 atom stereocenters. The fourth-order valence-corrected chi connectivity index (χ4v) is 3.01. The Morgan fingerprint density at radius 1 is 1.15 bits per heavy atom. The second kappa shape index (κ2) is 7.72. The van der Waals surface area contributed by atoms with E-state index in [2.05, 4.69) is 49.6 Å². The predicted octanol–water partition coefficient (Wildman–Crippen LogP) is 3.13. The third-order valence-electron chi connectivity index (χ3n) is 4.64. The minimum absolute atomic E-state index is 0.199. The molecule has 0 bridgehead atoms. The zero-order valence-electron chi connectivity index (χ0n) is 15.2. The number of nitrogens with one attached hydrogen (secondary N) is 2. The number of methoxy groups -OCH3 is 1. The number of esters is 1. The molecule has 2 aromatic carbocycles. The van der Waals surface area contributed by atoms with E-state index in [1.807, 2.05) is 18.2 Å². The first kappa shape index (κ1) is 17.4. The van der Waals surface area contributed by atoms with Crippen LogP contribution >= 0.6 is 0 Å². The maximum atomic E-state index is 11.2. The van der Waals surface area contributed by atoms with E-state index in [1.54, 1.807) is 6.33 Å². The average Bonchev–Trinajstić information content (AvgIpc) is 3.52. The van der Waals surface area contributed by atoms with Gasteiger partial charge in [0.25, 0.3) is 0 Å². The first-order valence-electron chi connectivity index (χ1n) is 9.11. The molecule has 1 heterocycles. The minimum Gasteiger partial charge on any atom is -0.468 e. The summed E-state index contributed by atoms with van der Waals surface area (Å²) in [6, 6.07) is 15.1. The van der Waals surface area contributed by atoms with Gasteiger partial charge in [0.1, 0.15) is 12.1 Å². The third kappa shape index (κ3) is 4.23. The van der Waals surface area contributed by atoms with E-state index in [0.29, 0.717) is 12.6 Å². The van der Waals surface area contributed by atoms with Crippen LogP contribution in [0.4, 0.5) is 5.82 Å². The fourth-order valence-electron chi connectivity index (χ4n) is 3.01. The highest BCUT2D eigenvalue weighted by molar-refractivity contribution is 5.92. The van der Waals surface area contributed by atoms with Crippen LogP contribution in [0.2, 0.25) is 0 Å². The van der Waals surface area contributed by atoms with Crippen molar-refractivity contribution in [3.05, 3.63) is 54.4 Å². The van der Waals surface area contributed by atoms with Gasteiger partial charge in [0.2, 0.25) is 0 Å². The molecular weight excluding hydrogens is 340 g/mol. The second-order valence-corrected chi connectivity index (χ2v) is 6.75. The van der Waals surface area contributed by atoms with Gasteiger partial charge in [-0.15, -0.1) is 0 Å². The Bertz CT molecular complexity index is 969. The lowest BCUT2D eigenvalue weighted by atomic mass is 10.0. The van der Waals surface area contributed by atoms with Crippen molar-refractivity contribution in [2.45, 2.75) is 25.4 Å².